The molecule has 0 aromatic heterocycles. The third kappa shape index (κ3) is 2.84. The van der Waals surface area contributed by atoms with Gasteiger partial charge in [-0.15, -0.1) is 0 Å². The predicted octanol–water partition coefficient (Wildman–Crippen LogP) is 2.44. The zero-order valence-electron chi connectivity index (χ0n) is 9.40. The smallest absolute Gasteiger partial charge is 0.328 e. The molecule has 0 atom stereocenters. The number of piperidine rings is 1. The van der Waals surface area contributed by atoms with Gasteiger partial charge in [0.1, 0.15) is 5.82 Å². The molecule has 0 bridgehead atoms. The molecular formula is C13H14FNO2. The third-order valence-corrected chi connectivity index (χ3v) is 2.93. The number of aliphatic carboxylic acids is 1. The zero-order chi connectivity index (χ0) is 12.3. The van der Waals surface area contributed by atoms with Crippen molar-refractivity contribution in [2.45, 2.75) is 12.8 Å². The molecule has 1 N–H and O–H groups in total. The maximum Gasteiger partial charge on any atom is 0.328 e. The second kappa shape index (κ2) is 4.99. The van der Waals surface area contributed by atoms with Gasteiger partial charge in [-0.25, -0.2) is 9.18 Å². The molecule has 1 saturated heterocycles. The number of anilines is 1. The summed E-state index contributed by atoms with van der Waals surface area (Å²) in [5.74, 6) is -1.13. The van der Waals surface area contributed by atoms with E-state index in [1.165, 1.54) is 12.1 Å². The Balaban J connectivity index is 2.05. The maximum absolute atomic E-state index is 13.5. The summed E-state index contributed by atoms with van der Waals surface area (Å²) in [4.78, 5) is 12.5. The van der Waals surface area contributed by atoms with Crippen molar-refractivity contribution in [1.82, 2.24) is 0 Å². The van der Waals surface area contributed by atoms with E-state index < -0.39 is 5.97 Å². The molecule has 1 aromatic carbocycles. The molecule has 2 rings (SSSR count). The minimum absolute atomic E-state index is 0.224. The number of para-hydroxylation sites is 1. The Morgan fingerprint density at radius 1 is 1.29 bits per heavy atom. The van der Waals surface area contributed by atoms with Crippen LogP contribution < -0.4 is 4.90 Å². The number of rotatable bonds is 2. The summed E-state index contributed by atoms with van der Waals surface area (Å²) in [7, 11) is 0. The van der Waals surface area contributed by atoms with Gasteiger partial charge in [0, 0.05) is 19.2 Å². The van der Waals surface area contributed by atoms with Crippen LogP contribution in [0.3, 0.4) is 0 Å². The highest BCUT2D eigenvalue weighted by molar-refractivity contribution is 5.80. The first-order chi connectivity index (χ1) is 8.16. The molecule has 0 amide bonds. The van der Waals surface area contributed by atoms with Crippen molar-refractivity contribution in [2.24, 2.45) is 0 Å². The van der Waals surface area contributed by atoms with E-state index in [2.05, 4.69) is 0 Å². The molecular weight excluding hydrogens is 221 g/mol. The molecule has 1 aliphatic rings. The minimum Gasteiger partial charge on any atom is -0.478 e. The van der Waals surface area contributed by atoms with Crippen LogP contribution in [0.2, 0.25) is 0 Å². The van der Waals surface area contributed by atoms with E-state index in [4.69, 9.17) is 5.11 Å². The molecule has 0 aliphatic carbocycles. The molecule has 0 unspecified atom stereocenters. The summed E-state index contributed by atoms with van der Waals surface area (Å²) in [6, 6.07) is 6.67. The zero-order valence-corrected chi connectivity index (χ0v) is 9.40. The lowest BCUT2D eigenvalue weighted by atomic mass is 10.0. The molecule has 1 aliphatic heterocycles. The average Bonchev–Trinajstić information content (AvgIpc) is 2.30. The van der Waals surface area contributed by atoms with E-state index >= 15 is 0 Å². The Morgan fingerprint density at radius 3 is 2.53 bits per heavy atom. The predicted molar refractivity (Wildman–Crippen MR) is 63.6 cm³/mol. The number of carbonyl (C=O) groups is 1. The maximum atomic E-state index is 13.5. The van der Waals surface area contributed by atoms with Gasteiger partial charge in [-0.1, -0.05) is 17.7 Å². The van der Waals surface area contributed by atoms with Gasteiger partial charge in [-0.05, 0) is 25.0 Å². The summed E-state index contributed by atoms with van der Waals surface area (Å²) in [6.45, 7) is 1.33. The lowest BCUT2D eigenvalue weighted by Gasteiger charge is -2.30. The Morgan fingerprint density at radius 2 is 1.94 bits per heavy atom. The normalized spacial score (nSPS) is 15.8. The molecule has 90 valence electrons. The first-order valence-corrected chi connectivity index (χ1v) is 5.58. The van der Waals surface area contributed by atoms with Gasteiger partial charge in [0.15, 0.2) is 0 Å². The first kappa shape index (κ1) is 11.6. The van der Waals surface area contributed by atoms with E-state index in [0.29, 0.717) is 31.6 Å². The molecule has 1 fully saturated rings. The first-order valence-electron chi connectivity index (χ1n) is 5.58. The Labute approximate surface area is 99.2 Å². The largest absolute Gasteiger partial charge is 0.478 e. The summed E-state index contributed by atoms with van der Waals surface area (Å²) in [6.07, 6.45) is 2.62. The van der Waals surface area contributed by atoms with Crippen LogP contribution in [0.4, 0.5) is 10.1 Å². The van der Waals surface area contributed by atoms with Crippen molar-refractivity contribution in [3.8, 4) is 0 Å². The van der Waals surface area contributed by atoms with Gasteiger partial charge >= 0.3 is 5.97 Å². The second-order valence-electron chi connectivity index (χ2n) is 4.08. The van der Waals surface area contributed by atoms with E-state index in [1.54, 1.807) is 18.2 Å². The van der Waals surface area contributed by atoms with E-state index in [-0.39, 0.29) is 5.82 Å². The fourth-order valence-corrected chi connectivity index (χ4v) is 2.06. The van der Waals surface area contributed by atoms with Gasteiger partial charge in [0.2, 0.25) is 0 Å². The topological polar surface area (TPSA) is 40.5 Å². The van der Waals surface area contributed by atoms with Crippen LogP contribution in [0.15, 0.2) is 35.9 Å². The molecule has 4 heteroatoms. The molecule has 0 radical (unpaired) electrons. The van der Waals surface area contributed by atoms with E-state index in [1.807, 2.05) is 4.90 Å². The monoisotopic (exact) mass is 235 g/mol. The van der Waals surface area contributed by atoms with Crippen molar-refractivity contribution in [3.63, 3.8) is 0 Å². The number of carboxylic acid groups (broad SMARTS) is 1. The van der Waals surface area contributed by atoms with Gasteiger partial charge in [-0.3, -0.25) is 0 Å². The van der Waals surface area contributed by atoms with Crippen LogP contribution in [-0.4, -0.2) is 24.2 Å². The molecule has 0 saturated carbocycles. The van der Waals surface area contributed by atoms with Crippen LogP contribution in [-0.2, 0) is 4.79 Å². The molecule has 1 aromatic rings. The van der Waals surface area contributed by atoms with E-state index in [0.717, 1.165) is 5.57 Å². The van der Waals surface area contributed by atoms with Crippen LogP contribution >= 0.6 is 0 Å². The number of carboxylic acids is 1. The fraction of sp³-hybridized carbons (Fsp3) is 0.308. The average molecular weight is 235 g/mol. The Hall–Kier alpha value is -1.84. The van der Waals surface area contributed by atoms with Gasteiger partial charge < -0.3 is 10.0 Å². The highest BCUT2D eigenvalue weighted by atomic mass is 19.1. The molecule has 0 spiro atoms. The van der Waals surface area contributed by atoms with Crippen molar-refractivity contribution in [3.05, 3.63) is 41.7 Å². The van der Waals surface area contributed by atoms with E-state index in [9.17, 15) is 9.18 Å². The summed E-state index contributed by atoms with van der Waals surface area (Å²) in [5.41, 5.74) is 1.52. The second-order valence-corrected chi connectivity index (χ2v) is 4.08. The van der Waals surface area contributed by atoms with Gasteiger partial charge in [0.25, 0.3) is 0 Å². The van der Waals surface area contributed by atoms with Crippen LogP contribution in [0, 0.1) is 5.82 Å². The van der Waals surface area contributed by atoms with Crippen molar-refractivity contribution in [1.29, 1.82) is 0 Å². The molecule has 17 heavy (non-hydrogen) atoms. The Kier molecular flexibility index (Phi) is 3.42. The van der Waals surface area contributed by atoms with Crippen molar-refractivity contribution < 1.29 is 14.3 Å². The quantitative estimate of drug-likeness (QED) is 0.800. The lowest BCUT2D eigenvalue weighted by Crippen LogP contribution is -2.31. The van der Waals surface area contributed by atoms with Gasteiger partial charge in [0.05, 0.1) is 5.69 Å². The standard InChI is InChI=1S/C13H14FNO2/c14-11-3-1-2-4-12(11)15-7-5-10(6-8-15)9-13(16)17/h1-4,9H,5-8H2,(H,16,17). The fourth-order valence-electron chi connectivity index (χ4n) is 2.06. The van der Waals surface area contributed by atoms with Gasteiger partial charge in [-0.2, -0.15) is 0 Å². The lowest BCUT2D eigenvalue weighted by molar-refractivity contribution is -0.131. The van der Waals surface area contributed by atoms with Crippen molar-refractivity contribution in [2.75, 3.05) is 18.0 Å². The minimum atomic E-state index is -0.903. The number of halogens is 1. The van der Waals surface area contributed by atoms with Crippen molar-refractivity contribution >= 4 is 11.7 Å². The number of hydrogen-bond donors (Lipinski definition) is 1. The Bertz CT molecular complexity index is 446. The highest BCUT2D eigenvalue weighted by Gasteiger charge is 2.17. The van der Waals surface area contributed by atoms with Crippen LogP contribution in [0.5, 0.6) is 0 Å². The summed E-state index contributed by atoms with van der Waals surface area (Å²) < 4.78 is 13.5. The SMILES string of the molecule is O=C(O)C=C1CCN(c2ccccc2F)CC1. The third-order valence-electron chi connectivity index (χ3n) is 2.93. The highest BCUT2D eigenvalue weighted by Crippen LogP contribution is 2.24. The molecule has 1 heterocycles. The number of benzene rings is 1. The van der Waals surface area contributed by atoms with Crippen LogP contribution in [0.1, 0.15) is 12.8 Å². The van der Waals surface area contributed by atoms with Crippen LogP contribution in [0.25, 0.3) is 0 Å². The number of hydrogen-bond acceptors (Lipinski definition) is 2. The molecule has 3 nitrogen and oxygen atoms in total. The summed E-state index contributed by atoms with van der Waals surface area (Å²) >= 11 is 0. The number of nitrogens with zero attached hydrogens (tertiary/aromatic N) is 1. The summed E-state index contributed by atoms with van der Waals surface area (Å²) in [5, 5.41) is 8.64.